The van der Waals surface area contributed by atoms with E-state index < -0.39 is 0 Å². The molecule has 0 unspecified atom stereocenters. The first-order chi connectivity index (χ1) is 8.29. The summed E-state index contributed by atoms with van der Waals surface area (Å²) in [6.45, 7) is 5.93. The van der Waals surface area contributed by atoms with Crippen molar-refractivity contribution >= 4 is 5.69 Å². The molecule has 1 saturated heterocycles. The summed E-state index contributed by atoms with van der Waals surface area (Å²) >= 11 is 0. The monoisotopic (exact) mass is 234 g/mol. The highest BCUT2D eigenvalue weighted by atomic mass is 16.5. The predicted octanol–water partition coefficient (Wildman–Crippen LogP) is 2.27. The number of nitrogens with zero attached hydrogens (tertiary/aromatic N) is 1. The van der Waals surface area contributed by atoms with Crippen LogP contribution in [-0.2, 0) is 11.3 Å². The van der Waals surface area contributed by atoms with Crippen LogP contribution in [0.3, 0.4) is 0 Å². The van der Waals surface area contributed by atoms with Crippen LogP contribution in [-0.4, -0.2) is 30.7 Å². The number of benzene rings is 1. The topological polar surface area (TPSA) is 38.5 Å². The molecule has 1 fully saturated rings. The normalized spacial score (nSPS) is 20.9. The Hall–Kier alpha value is -1.06. The van der Waals surface area contributed by atoms with Crippen molar-refractivity contribution in [3.8, 4) is 0 Å². The second-order valence-electron chi connectivity index (χ2n) is 4.67. The number of likely N-dealkylation sites (tertiary alicyclic amines) is 1. The first-order valence-corrected chi connectivity index (χ1v) is 6.46. The Morgan fingerprint density at radius 2 is 2.12 bits per heavy atom. The Balaban J connectivity index is 1.90. The molecule has 0 radical (unpaired) electrons. The van der Waals surface area contributed by atoms with E-state index in [2.05, 4.69) is 24.0 Å². The zero-order valence-electron chi connectivity index (χ0n) is 10.6. The Kier molecular flexibility index (Phi) is 4.40. The molecule has 2 rings (SSSR count). The summed E-state index contributed by atoms with van der Waals surface area (Å²) in [5.74, 6) is 0. The lowest BCUT2D eigenvalue weighted by Gasteiger charge is -2.24. The lowest BCUT2D eigenvalue weighted by Crippen LogP contribution is -2.32. The van der Waals surface area contributed by atoms with Crippen LogP contribution in [0.15, 0.2) is 24.3 Å². The van der Waals surface area contributed by atoms with E-state index in [-0.39, 0.29) is 0 Å². The molecule has 0 bridgehead atoms. The van der Waals surface area contributed by atoms with Gasteiger partial charge < -0.3 is 10.5 Å². The molecular formula is C14H22N2O. The molecule has 2 N–H and O–H groups in total. The van der Waals surface area contributed by atoms with Crippen molar-refractivity contribution in [2.24, 2.45) is 0 Å². The molecule has 1 heterocycles. The number of nitrogen functional groups attached to an aromatic ring is 1. The van der Waals surface area contributed by atoms with Gasteiger partial charge in [0.1, 0.15) is 0 Å². The molecule has 0 saturated carbocycles. The zero-order chi connectivity index (χ0) is 12.1. The van der Waals surface area contributed by atoms with Crippen LogP contribution < -0.4 is 5.73 Å². The van der Waals surface area contributed by atoms with Crippen LogP contribution in [0.1, 0.15) is 25.3 Å². The lowest BCUT2D eigenvalue weighted by atomic mass is 10.2. The van der Waals surface area contributed by atoms with Gasteiger partial charge in [-0.1, -0.05) is 12.1 Å². The van der Waals surface area contributed by atoms with Gasteiger partial charge >= 0.3 is 0 Å². The van der Waals surface area contributed by atoms with Gasteiger partial charge in [0.05, 0.1) is 6.61 Å². The molecule has 3 nitrogen and oxygen atoms in total. The van der Waals surface area contributed by atoms with E-state index in [1.807, 2.05) is 12.1 Å². The van der Waals surface area contributed by atoms with E-state index in [9.17, 15) is 0 Å². The molecule has 1 atom stereocenters. The van der Waals surface area contributed by atoms with Gasteiger partial charge in [0.2, 0.25) is 0 Å². The highest BCUT2D eigenvalue weighted by Crippen LogP contribution is 2.20. The van der Waals surface area contributed by atoms with Crippen molar-refractivity contribution < 1.29 is 4.74 Å². The van der Waals surface area contributed by atoms with Crippen LogP contribution in [0.2, 0.25) is 0 Å². The van der Waals surface area contributed by atoms with Crippen LogP contribution in [0.25, 0.3) is 0 Å². The molecule has 1 aromatic rings. The third-order valence-electron chi connectivity index (χ3n) is 3.38. The van der Waals surface area contributed by atoms with Gasteiger partial charge in [-0.05, 0) is 44.0 Å². The van der Waals surface area contributed by atoms with Gasteiger partial charge in [0.15, 0.2) is 0 Å². The number of hydrogen-bond donors (Lipinski definition) is 1. The second-order valence-corrected chi connectivity index (χ2v) is 4.67. The summed E-state index contributed by atoms with van der Waals surface area (Å²) in [5, 5.41) is 0. The quantitative estimate of drug-likeness (QED) is 0.794. The molecule has 0 amide bonds. The first-order valence-electron chi connectivity index (χ1n) is 6.46. The summed E-state index contributed by atoms with van der Waals surface area (Å²) in [7, 11) is 0. The Labute approximate surface area is 104 Å². The maximum Gasteiger partial charge on any atom is 0.0621 e. The van der Waals surface area contributed by atoms with Gasteiger partial charge in [-0.15, -0.1) is 0 Å². The number of anilines is 1. The molecule has 1 aliphatic rings. The summed E-state index contributed by atoms with van der Waals surface area (Å²) in [4.78, 5) is 2.52. The molecule has 1 aromatic carbocycles. The summed E-state index contributed by atoms with van der Waals surface area (Å²) < 4.78 is 5.54. The van der Waals surface area contributed by atoms with Gasteiger partial charge in [0.25, 0.3) is 0 Å². The fourth-order valence-electron chi connectivity index (χ4n) is 2.40. The summed E-state index contributed by atoms with van der Waals surface area (Å²) in [6, 6.07) is 8.77. The number of ether oxygens (including phenoxy) is 1. The first kappa shape index (κ1) is 12.4. The highest BCUT2D eigenvalue weighted by molar-refractivity contribution is 5.39. The second kappa shape index (κ2) is 6.03. The Morgan fingerprint density at radius 3 is 2.82 bits per heavy atom. The maximum absolute atomic E-state index is 5.69. The van der Waals surface area contributed by atoms with Crippen molar-refractivity contribution in [1.29, 1.82) is 0 Å². The minimum absolute atomic E-state index is 0.590. The van der Waals surface area contributed by atoms with Crippen molar-refractivity contribution in [2.45, 2.75) is 32.4 Å². The Morgan fingerprint density at radius 1 is 1.35 bits per heavy atom. The van der Waals surface area contributed by atoms with E-state index in [1.54, 1.807) is 0 Å². The largest absolute Gasteiger partial charge is 0.399 e. The van der Waals surface area contributed by atoms with E-state index in [0.29, 0.717) is 6.04 Å². The average Bonchev–Trinajstić information content (AvgIpc) is 2.77. The van der Waals surface area contributed by atoms with E-state index in [0.717, 1.165) is 25.4 Å². The average molecular weight is 234 g/mol. The third kappa shape index (κ3) is 3.45. The third-order valence-corrected chi connectivity index (χ3v) is 3.38. The fraction of sp³-hybridized carbons (Fsp3) is 0.571. The standard InChI is InChI=1S/C14H22N2O/c1-2-17-11-14-4-3-9-16(14)10-12-5-7-13(15)8-6-12/h5-8,14H,2-4,9-11,15H2,1H3/t14-/m0/s1. The minimum Gasteiger partial charge on any atom is -0.399 e. The molecule has 17 heavy (non-hydrogen) atoms. The van der Waals surface area contributed by atoms with Gasteiger partial charge in [-0.3, -0.25) is 4.90 Å². The molecule has 0 aromatic heterocycles. The molecular weight excluding hydrogens is 212 g/mol. The number of hydrogen-bond acceptors (Lipinski definition) is 3. The van der Waals surface area contributed by atoms with E-state index >= 15 is 0 Å². The predicted molar refractivity (Wildman–Crippen MR) is 70.8 cm³/mol. The Bertz CT molecular complexity index is 337. The maximum atomic E-state index is 5.69. The highest BCUT2D eigenvalue weighted by Gasteiger charge is 2.24. The molecule has 3 heteroatoms. The van der Waals surface area contributed by atoms with Crippen LogP contribution >= 0.6 is 0 Å². The van der Waals surface area contributed by atoms with Crippen molar-refractivity contribution in [2.75, 3.05) is 25.5 Å². The summed E-state index contributed by atoms with van der Waals surface area (Å²) in [5.41, 5.74) is 7.86. The lowest BCUT2D eigenvalue weighted by molar-refractivity contribution is 0.0824. The SMILES string of the molecule is CCOC[C@@H]1CCCN1Cc1ccc(N)cc1. The fourth-order valence-corrected chi connectivity index (χ4v) is 2.40. The van der Waals surface area contributed by atoms with Crippen LogP contribution in [0.4, 0.5) is 5.69 Å². The molecule has 1 aliphatic heterocycles. The van der Waals surface area contributed by atoms with Crippen molar-refractivity contribution in [3.63, 3.8) is 0 Å². The van der Waals surface area contributed by atoms with Gasteiger partial charge in [-0.2, -0.15) is 0 Å². The molecule has 0 spiro atoms. The zero-order valence-corrected chi connectivity index (χ0v) is 10.6. The van der Waals surface area contributed by atoms with E-state index in [1.165, 1.54) is 24.9 Å². The van der Waals surface area contributed by atoms with Crippen LogP contribution in [0, 0.1) is 0 Å². The van der Waals surface area contributed by atoms with E-state index in [4.69, 9.17) is 10.5 Å². The number of rotatable bonds is 5. The molecule has 94 valence electrons. The van der Waals surface area contributed by atoms with Crippen LogP contribution in [0.5, 0.6) is 0 Å². The van der Waals surface area contributed by atoms with Gasteiger partial charge in [0, 0.05) is 24.9 Å². The van der Waals surface area contributed by atoms with Crippen molar-refractivity contribution in [1.82, 2.24) is 4.90 Å². The number of nitrogens with two attached hydrogens (primary N) is 1. The van der Waals surface area contributed by atoms with Crippen molar-refractivity contribution in [3.05, 3.63) is 29.8 Å². The molecule has 0 aliphatic carbocycles. The summed E-state index contributed by atoms with van der Waals surface area (Å²) in [6.07, 6.45) is 2.54. The van der Waals surface area contributed by atoms with Gasteiger partial charge in [-0.25, -0.2) is 0 Å². The smallest absolute Gasteiger partial charge is 0.0621 e. The minimum atomic E-state index is 0.590.